The van der Waals surface area contributed by atoms with Crippen LogP contribution in [-0.4, -0.2) is 24.7 Å². The summed E-state index contributed by atoms with van der Waals surface area (Å²) in [7, 11) is 0. The summed E-state index contributed by atoms with van der Waals surface area (Å²) in [6, 6.07) is 0.283. The standard InChI is InChI=1S/C12H17BrN4O/c1-4-16-11(10(13)6-15-16)12(18)9-5-14-17(7-9)8(2)3/h5-8,12,18H,4H2,1-3H3. The van der Waals surface area contributed by atoms with Crippen molar-refractivity contribution < 1.29 is 5.11 Å². The fraction of sp³-hybridized carbons (Fsp3) is 0.500. The van der Waals surface area contributed by atoms with E-state index in [1.54, 1.807) is 17.1 Å². The predicted octanol–water partition coefficient (Wildman–Crippen LogP) is 2.52. The Morgan fingerprint density at radius 2 is 2.06 bits per heavy atom. The van der Waals surface area contributed by atoms with Crippen molar-refractivity contribution >= 4 is 15.9 Å². The first kappa shape index (κ1) is 13.3. The summed E-state index contributed by atoms with van der Waals surface area (Å²) in [6.45, 7) is 6.81. The number of aromatic nitrogens is 4. The lowest BCUT2D eigenvalue weighted by Gasteiger charge is -2.11. The van der Waals surface area contributed by atoms with Gasteiger partial charge in [-0.1, -0.05) is 0 Å². The van der Waals surface area contributed by atoms with Crippen LogP contribution < -0.4 is 0 Å². The Bertz CT molecular complexity index is 532. The third-order valence-electron chi connectivity index (χ3n) is 2.86. The van der Waals surface area contributed by atoms with Gasteiger partial charge in [0.15, 0.2) is 0 Å². The van der Waals surface area contributed by atoms with Crippen LogP contribution in [0.2, 0.25) is 0 Å². The second-order valence-electron chi connectivity index (χ2n) is 4.44. The first-order chi connectivity index (χ1) is 8.54. The Labute approximate surface area is 115 Å². The van der Waals surface area contributed by atoms with E-state index in [1.165, 1.54) is 0 Å². The summed E-state index contributed by atoms with van der Waals surface area (Å²) in [5.74, 6) is 0. The third-order valence-corrected chi connectivity index (χ3v) is 3.47. The Balaban J connectivity index is 2.34. The molecule has 0 spiro atoms. The lowest BCUT2D eigenvalue weighted by molar-refractivity contribution is 0.207. The van der Waals surface area contributed by atoms with Crippen molar-refractivity contribution in [3.05, 3.63) is 34.3 Å². The van der Waals surface area contributed by atoms with E-state index in [1.807, 2.05) is 17.8 Å². The molecule has 0 aromatic carbocycles. The molecule has 0 aliphatic rings. The number of hydrogen-bond donors (Lipinski definition) is 1. The lowest BCUT2D eigenvalue weighted by atomic mass is 10.1. The maximum atomic E-state index is 10.4. The van der Waals surface area contributed by atoms with Gasteiger partial charge >= 0.3 is 0 Å². The van der Waals surface area contributed by atoms with Crippen LogP contribution in [0.1, 0.15) is 44.2 Å². The fourth-order valence-electron chi connectivity index (χ4n) is 1.83. The van der Waals surface area contributed by atoms with E-state index in [4.69, 9.17) is 0 Å². The average Bonchev–Trinajstić information content (AvgIpc) is 2.94. The molecule has 1 atom stereocenters. The van der Waals surface area contributed by atoms with Crippen molar-refractivity contribution in [3.63, 3.8) is 0 Å². The molecular weight excluding hydrogens is 296 g/mol. The van der Waals surface area contributed by atoms with Gasteiger partial charge in [0.2, 0.25) is 0 Å². The molecule has 98 valence electrons. The summed E-state index contributed by atoms with van der Waals surface area (Å²) in [5.41, 5.74) is 1.54. The van der Waals surface area contributed by atoms with E-state index in [9.17, 15) is 5.11 Å². The van der Waals surface area contributed by atoms with Crippen molar-refractivity contribution in [2.45, 2.75) is 39.5 Å². The van der Waals surface area contributed by atoms with Crippen molar-refractivity contribution in [2.24, 2.45) is 0 Å². The summed E-state index contributed by atoms with van der Waals surface area (Å²) in [5, 5.41) is 18.9. The maximum absolute atomic E-state index is 10.4. The molecule has 18 heavy (non-hydrogen) atoms. The topological polar surface area (TPSA) is 55.9 Å². The van der Waals surface area contributed by atoms with E-state index in [-0.39, 0.29) is 6.04 Å². The van der Waals surface area contributed by atoms with Gasteiger partial charge in [-0.15, -0.1) is 0 Å². The number of aliphatic hydroxyl groups is 1. The SMILES string of the molecule is CCn1ncc(Br)c1C(O)c1cnn(C(C)C)c1. The maximum Gasteiger partial charge on any atom is 0.125 e. The zero-order valence-electron chi connectivity index (χ0n) is 10.7. The highest BCUT2D eigenvalue weighted by Crippen LogP contribution is 2.28. The van der Waals surface area contributed by atoms with Crippen LogP contribution >= 0.6 is 15.9 Å². The molecule has 0 bridgehead atoms. The van der Waals surface area contributed by atoms with Crippen molar-refractivity contribution in [1.82, 2.24) is 19.6 Å². The zero-order chi connectivity index (χ0) is 13.3. The molecular formula is C12H17BrN4O. The number of aryl methyl sites for hydroxylation is 1. The molecule has 0 radical (unpaired) electrons. The second kappa shape index (κ2) is 5.24. The van der Waals surface area contributed by atoms with Gasteiger partial charge in [-0.05, 0) is 36.7 Å². The molecule has 1 unspecified atom stereocenters. The monoisotopic (exact) mass is 312 g/mol. The van der Waals surface area contributed by atoms with Crippen molar-refractivity contribution in [1.29, 1.82) is 0 Å². The highest BCUT2D eigenvalue weighted by molar-refractivity contribution is 9.10. The van der Waals surface area contributed by atoms with Crippen LogP contribution in [0, 0.1) is 0 Å². The normalized spacial score (nSPS) is 13.2. The van der Waals surface area contributed by atoms with Gasteiger partial charge in [0, 0.05) is 24.3 Å². The van der Waals surface area contributed by atoms with E-state index in [2.05, 4.69) is 40.0 Å². The summed E-state index contributed by atoms with van der Waals surface area (Å²) in [6.07, 6.45) is 4.56. The summed E-state index contributed by atoms with van der Waals surface area (Å²) in [4.78, 5) is 0. The number of halogens is 1. The third kappa shape index (κ3) is 2.35. The minimum atomic E-state index is -0.714. The van der Waals surface area contributed by atoms with Gasteiger partial charge in [-0.2, -0.15) is 10.2 Å². The lowest BCUT2D eigenvalue weighted by Crippen LogP contribution is -2.09. The number of nitrogens with zero attached hydrogens (tertiary/aromatic N) is 4. The van der Waals surface area contributed by atoms with Crippen molar-refractivity contribution in [2.75, 3.05) is 0 Å². The second-order valence-corrected chi connectivity index (χ2v) is 5.30. The molecule has 2 rings (SSSR count). The summed E-state index contributed by atoms with van der Waals surface area (Å²) >= 11 is 3.42. The quantitative estimate of drug-likeness (QED) is 0.943. The summed E-state index contributed by atoms with van der Waals surface area (Å²) < 4.78 is 4.43. The van der Waals surface area contributed by atoms with Gasteiger partial charge in [0.05, 0.1) is 22.6 Å². The molecule has 2 aromatic heterocycles. The fourth-order valence-corrected chi connectivity index (χ4v) is 2.34. The smallest absolute Gasteiger partial charge is 0.125 e. The molecule has 0 saturated heterocycles. The van der Waals surface area contributed by atoms with E-state index < -0.39 is 6.10 Å². The van der Waals surface area contributed by atoms with Crippen LogP contribution in [0.4, 0.5) is 0 Å². The van der Waals surface area contributed by atoms with E-state index in [0.29, 0.717) is 0 Å². The molecule has 1 N–H and O–H groups in total. The largest absolute Gasteiger partial charge is 0.382 e. The van der Waals surface area contributed by atoms with Gasteiger partial charge in [-0.3, -0.25) is 9.36 Å². The zero-order valence-corrected chi connectivity index (χ0v) is 12.3. The Morgan fingerprint density at radius 1 is 1.33 bits per heavy atom. The minimum Gasteiger partial charge on any atom is -0.382 e. The average molecular weight is 313 g/mol. The number of aliphatic hydroxyl groups excluding tert-OH is 1. The number of rotatable bonds is 4. The van der Waals surface area contributed by atoms with Gasteiger partial charge in [0.1, 0.15) is 6.10 Å². The van der Waals surface area contributed by atoms with Crippen LogP contribution in [0.25, 0.3) is 0 Å². The van der Waals surface area contributed by atoms with E-state index in [0.717, 1.165) is 22.3 Å². The highest BCUT2D eigenvalue weighted by atomic mass is 79.9. The molecule has 2 heterocycles. The predicted molar refractivity (Wildman–Crippen MR) is 72.3 cm³/mol. The van der Waals surface area contributed by atoms with E-state index >= 15 is 0 Å². The molecule has 0 saturated carbocycles. The highest BCUT2D eigenvalue weighted by Gasteiger charge is 2.20. The molecule has 0 aliphatic carbocycles. The molecule has 0 amide bonds. The van der Waals surface area contributed by atoms with Crippen molar-refractivity contribution in [3.8, 4) is 0 Å². The molecule has 5 nitrogen and oxygen atoms in total. The van der Waals surface area contributed by atoms with Crippen LogP contribution in [0.5, 0.6) is 0 Å². The Kier molecular flexibility index (Phi) is 3.87. The molecule has 2 aromatic rings. The van der Waals surface area contributed by atoms with Crippen LogP contribution in [0.3, 0.4) is 0 Å². The molecule has 6 heteroatoms. The number of hydrogen-bond acceptors (Lipinski definition) is 3. The Morgan fingerprint density at radius 3 is 2.61 bits per heavy atom. The Hall–Kier alpha value is -1.14. The molecule has 0 fully saturated rings. The van der Waals surface area contributed by atoms with Crippen LogP contribution in [-0.2, 0) is 6.54 Å². The first-order valence-electron chi connectivity index (χ1n) is 5.97. The van der Waals surface area contributed by atoms with Gasteiger partial charge in [0.25, 0.3) is 0 Å². The minimum absolute atomic E-state index is 0.283. The first-order valence-corrected chi connectivity index (χ1v) is 6.77. The van der Waals surface area contributed by atoms with Gasteiger partial charge in [-0.25, -0.2) is 0 Å². The van der Waals surface area contributed by atoms with Crippen LogP contribution in [0.15, 0.2) is 23.1 Å². The molecule has 0 aliphatic heterocycles. The van der Waals surface area contributed by atoms with Gasteiger partial charge < -0.3 is 5.11 Å².